The molecule has 1 rings (SSSR count). The third kappa shape index (κ3) is 3.63. The summed E-state index contributed by atoms with van der Waals surface area (Å²) in [7, 11) is 0. The summed E-state index contributed by atoms with van der Waals surface area (Å²) >= 11 is 0. The number of nitrogens with two attached hydrogens (primary N) is 1. The summed E-state index contributed by atoms with van der Waals surface area (Å²) in [6, 6.07) is 1.70. The first kappa shape index (κ1) is 12.7. The predicted molar refractivity (Wildman–Crippen MR) is 64.1 cm³/mol. The molecule has 0 saturated carbocycles. The van der Waals surface area contributed by atoms with Crippen molar-refractivity contribution in [2.24, 2.45) is 5.84 Å². The zero-order chi connectivity index (χ0) is 12.1. The van der Waals surface area contributed by atoms with E-state index in [1.165, 1.54) is 0 Å². The number of nitrogen functional groups attached to an aromatic ring is 1. The van der Waals surface area contributed by atoms with Crippen molar-refractivity contribution in [3.05, 3.63) is 11.9 Å². The molecule has 90 valence electrons. The highest BCUT2D eigenvalue weighted by Crippen LogP contribution is 2.16. The van der Waals surface area contributed by atoms with Crippen LogP contribution in [-0.2, 0) is 0 Å². The van der Waals surface area contributed by atoms with E-state index in [9.17, 15) is 5.11 Å². The molecular weight excluding hydrogens is 206 g/mol. The van der Waals surface area contributed by atoms with Gasteiger partial charge < -0.3 is 15.8 Å². The maximum Gasteiger partial charge on any atom is 0.145 e. The van der Waals surface area contributed by atoms with Gasteiger partial charge in [-0.25, -0.2) is 15.8 Å². The van der Waals surface area contributed by atoms with Crippen molar-refractivity contribution in [3.63, 3.8) is 0 Å². The van der Waals surface area contributed by atoms with E-state index in [1.807, 2.05) is 13.8 Å². The Labute approximate surface area is 95.3 Å². The lowest BCUT2D eigenvalue weighted by atomic mass is 10.2. The summed E-state index contributed by atoms with van der Waals surface area (Å²) in [5.41, 5.74) is 2.50. The molecule has 1 aromatic heterocycles. The molecule has 0 aliphatic rings. The molecule has 0 saturated heterocycles. The summed E-state index contributed by atoms with van der Waals surface area (Å²) in [5.74, 6) is 7.48. The van der Waals surface area contributed by atoms with E-state index in [1.54, 1.807) is 13.0 Å². The van der Waals surface area contributed by atoms with Gasteiger partial charge in [0.15, 0.2) is 0 Å². The van der Waals surface area contributed by atoms with Gasteiger partial charge in [-0.1, -0.05) is 13.8 Å². The first-order valence-corrected chi connectivity index (χ1v) is 5.30. The summed E-state index contributed by atoms with van der Waals surface area (Å²) in [4.78, 5) is 8.55. The van der Waals surface area contributed by atoms with Gasteiger partial charge in [0.25, 0.3) is 0 Å². The van der Waals surface area contributed by atoms with Crippen molar-refractivity contribution in [2.45, 2.75) is 32.8 Å². The minimum atomic E-state index is -0.424. The molecule has 1 atom stereocenters. The van der Waals surface area contributed by atoms with Crippen molar-refractivity contribution >= 4 is 11.6 Å². The third-order valence-corrected chi connectivity index (χ3v) is 1.99. The van der Waals surface area contributed by atoms with Crippen molar-refractivity contribution in [3.8, 4) is 0 Å². The van der Waals surface area contributed by atoms with Crippen molar-refractivity contribution in [1.82, 2.24) is 9.97 Å². The second-order valence-corrected chi connectivity index (χ2v) is 4.03. The van der Waals surface area contributed by atoms with Crippen LogP contribution in [0.2, 0.25) is 0 Å². The molecule has 5 N–H and O–H groups in total. The summed E-state index contributed by atoms with van der Waals surface area (Å²) in [5, 5.41) is 12.2. The molecule has 0 aliphatic carbocycles. The highest BCUT2D eigenvalue weighted by atomic mass is 16.3. The topological polar surface area (TPSA) is 96.1 Å². The molecule has 0 aromatic carbocycles. The van der Waals surface area contributed by atoms with Gasteiger partial charge >= 0.3 is 0 Å². The first-order chi connectivity index (χ1) is 7.52. The zero-order valence-electron chi connectivity index (χ0n) is 9.86. The molecule has 0 radical (unpaired) electrons. The van der Waals surface area contributed by atoms with Gasteiger partial charge in [0.05, 0.1) is 6.10 Å². The lowest BCUT2D eigenvalue weighted by Crippen LogP contribution is -2.18. The standard InChI is InChI=1S/C10H19N5O/c1-6(2)10-13-8(12-5-7(3)16)4-9(14-10)15-11/h4,6-7,16H,5,11H2,1-3H3,(H2,12,13,14,15). The maximum atomic E-state index is 9.17. The number of rotatable bonds is 5. The molecule has 0 amide bonds. The van der Waals surface area contributed by atoms with Gasteiger partial charge in [0, 0.05) is 18.5 Å². The Morgan fingerprint density at radius 1 is 1.31 bits per heavy atom. The number of nitrogens with zero attached hydrogens (tertiary/aromatic N) is 2. The van der Waals surface area contributed by atoms with E-state index in [4.69, 9.17) is 5.84 Å². The van der Waals surface area contributed by atoms with Crippen LogP contribution in [0.15, 0.2) is 6.07 Å². The Kier molecular flexibility index (Phi) is 4.45. The lowest BCUT2D eigenvalue weighted by Gasteiger charge is -2.12. The Bertz CT molecular complexity index is 340. The zero-order valence-corrected chi connectivity index (χ0v) is 9.86. The van der Waals surface area contributed by atoms with E-state index < -0.39 is 6.10 Å². The molecule has 1 heterocycles. The molecule has 6 heteroatoms. The van der Waals surface area contributed by atoms with E-state index in [0.29, 0.717) is 24.0 Å². The van der Waals surface area contributed by atoms with E-state index in [0.717, 1.165) is 0 Å². The van der Waals surface area contributed by atoms with Gasteiger partial charge in [-0.15, -0.1) is 0 Å². The first-order valence-electron chi connectivity index (χ1n) is 5.30. The van der Waals surface area contributed by atoms with E-state index in [2.05, 4.69) is 20.7 Å². The molecule has 0 bridgehead atoms. The Morgan fingerprint density at radius 2 is 1.94 bits per heavy atom. The number of anilines is 2. The fourth-order valence-corrected chi connectivity index (χ4v) is 1.14. The van der Waals surface area contributed by atoms with Gasteiger partial charge in [0.2, 0.25) is 0 Å². The summed E-state index contributed by atoms with van der Waals surface area (Å²) in [6.45, 7) is 6.17. The molecular formula is C10H19N5O. The largest absolute Gasteiger partial charge is 0.392 e. The van der Waals surface area contributed by atoms with Crippen LogP contribution >= 0.6 is 0 Å². The fourth-order valence-electron chi connectivity index (χ4n) is 1.14. The highest BCUT2D eigenvalue weighted by Gasteiger charge is 2.07. The Balaban J connectivity index is 2.86. The van der Waals surface area contributed by atoms with E-state index in [-0.39, 0.29) is 5.92 Å². The Hall–Kier alpha value is -1.40. The lowest BCUT2D eigenvalue weighted by molar-refractivity contribution is 0.208. The van der Waals surface area contributed by atoms with Gasteiger partial charge in [-0.3, -0.25) is 0 Å². The number of hydrazine groups is 1. The fraction of sp³-hybridized carbons (Fsp3) is 0.600. The third-order valence-electron chi connectivity index (χ3n) is 1.99. The van der Waals surface area contributed by atoms with Crippen LogP contribution in [-0.4, -0.2) is 27.7 Å². The molecule has 0 fully saturated rings. The second kappa shape index (κ2) is 5.62. The number of nitrogens with one attached hydrogen (secondary N) is 2. The van der Waals surface area contributed by atoms with Crippen molar-refractivity contribution < 1.29 is 5.11 Å². The molecule has 0 spiro atoms. The van der Waals surface area contributed by atoms with Crippen molar-refractivity contribution in [1.29, 1.82) is 0 Å². The average Bonchev–Trinajstić information content (AvgIpc) is 2.25. The average molecular weight is 225 g/mol. The summed E-state index contributed by atoms with van der Waals surface area (Å²) in [6.07, 6.45) is -0.424. The van der Waals surface area contributed by atoms with E-state index >= 15 is 0 Å². The second-order valence-electron chi connectivity index (χ2n) is 4.03. The number of aliphatic hydroxyl groups excluding tert-OH is 1. The SMILES string of the molecule is CC(O)CNc1cc(NN)nc(C(C)C)n1. The summed E-state index contributed by atoms with van der Waals surface area (Å²) < 4.78 is 0. The molecule has 6 nitrogen and oxygen atoms in total. The van der Waals surface area contributed by atoms with Crippen LogP contribution in [0.4, 0.5) is 11.6 Å². The van der Waals surface area contributed by atoms with Crippen LogP contribution in [0, 0.1) is 0 Å². The highest BCUT2D eigenvalue weighted by molar-refractivity contribution is 5.47. The quantitative estimate of drug-likeness (QED) is 0.434. The number of aliphatic hydroxyl groups is 1. The molecule has 1 aromatic rings. The molecule has 0 aliphatic heterocycles. The van der Waals surface area contributed by atoms with Crippen LogP contribution < -0.4 is 16.6 Å². The minimum absolute atomic E-state index is 0.223. The van der Waals surface area contributed by atoms with Crippen LogP contribution in [0.1, 0.15) is 32.5 Å². The molecule has 16 heavy (non-hydrogen) atoms. The van der Waals surface area contributed by atoms with Crippen LogP contribution in [0.5, 0.6) is 0 Å². The van der Waals surface area contributed by atoms with Gasteiger partial charge in [-0.2, -0.15) is 0 Å². The predicted octanol–water partition coefficient (Wildman–Crippen LogP) is 0.678. The number of hydrogen-bond acceptors (Lipinski definition) is 6. The van der Waals surface area contributed by atoms with Crippen LogP contribution in [0.25, 0.3) is 0 Å². The van der Waals surface area contributed by atoms with Gasteiger partial charge in [-0.05, 0) is 6.92 Å². The van der Waals surface area contributed by atoms with Crippen molar-refractivity contribution in [2.75, 3.05) is 17.3 Å². The van der Waals surface area contributed by atoms with Gasteiger partial charge in [0.1, 0.15) is 17.5 Å². The monoisotopic (exact) mass is 225 g/mol. The number of hydrogen-bond donors (Lipinski definition) is 4. The molecule has 1 unspecified atom stereocenters. The smallest absolute Gasteiger partial charge is 0.145 e. The normalized spacial score (nSPS) is 12.6. The maximum absolute atomic E-state index is 9.17. The Morgan fingerprint density at radius 3 is 2.44 bits per heavy atom. The number of aromatic nitrogens is 2. The minimum Gasteiger partial charge on any atom is -0.392 e. The van der Waals surface area contributed by atoms with Crippen LogP contribution in [0.3, 0.4) is 0 Å².